The molecule has 32 heavy (non-hydrogen) atoms. The van der Waals surface area contributed by atoms with Crippen molar-refractivity contribution in [3.05, 3.63) is 24.3 Å². The number of fused-ring (bicyclic) bond motifs is 3. The van der Waals surface area contributed by atoms with Crippen molar-refractivity contribution in [3.63, 3.8) is 0 Å². The van der Waals surface area contributed by atoms with Crippen LogP contribution in [0.25, 0.3) is 10.2 Å². The predicted molar refractivity (Wildman–Crippen MR) is 125 cm³/mol. The van der Waals surface area contributed by atoms with Crippen molar-refractivity contribution in [2.24, 2.45) is 0 Å². The first-order chi connectivity index (χ1) is 15.3. The minimum atomic E-state index is -0.448. The third-order valence-electron chi connectivity index (χ3n) is 6.84. The van der Waals surface area contributed by atoms with E-state index in [4.69, 9.17) is 14.2 Å². The van der Waals surface area contributed by atoms with E-state index in [0.717, 1.165) is 62.1 Å². The van der Waals surface area contributed by atoms with Gasteiger partial charge >= 0.3 is 6.09 Å². The molecule has 3 aliphatic rings. The highest BCUT2D eigenvalue weighted by molar-refractivity contribution is 7.20. The fourth-order valence-corrected chi connectivity index (χ4v) is 6.33. The van der Waals surface area contributed by atoms with Gasteiger partial charge in [-0.3, -0.25) is 0 Å². The lowest BCUT2D eigenvalue weighted by molar-refractivity contribution is -0.0812. The number of ether oxygens (including phenoxy) is 3. The normalized spacial score (nSPS) is 30.5. The number of hydrogen-bond acceptors (Lipinski definition) is 6. The third-order valence-corrected chi connectivity index (χ3v) is 7.77. The molecule has 1 aliphatic carbocycles. The maximum Gasteiger partial charge on any atom is 0.410 e. The van der Waals surface area contributed by atoms with E-state index in [1.165, 1.54) is 4.70 Å². The van der Waals surface area contributed by atoms with Crippen LogP contribution >= 0.6 is 11.3 Å². The summed E-state index contributed by atoms with van der Waals surface area (Å²) in [6.45, 7) is 5.79. The van der Waals surface area contributed by atoms with E-state index in [-0.39, 0.29) is 30.4 Å². The summed E-state index contributed by atoms with van der Waals surface area (Å²) in [4.78, 5) is 19.3. The van der Waals surface area contributed by atoms with Gasteiger partial charge in [-0.2, -0.15) is 0 Å². The van der Waals surface area contributed by atoms with E-state index >= 15 is 0 Å². The molecule has 1 amide bonds. The molecular formula is C25H34N2O4S. The van der Waals surface area contributed by atoms with Crippen LogP contribution in [-0.2, 0) is 9.47 Å². The van der Waals surface area contributed by atoms with Gasteiger partial charge in [0.1, 0.15) is 11.7 Å². The van der Waals surface area contributed by atoms with Crippen molar-refractivity contribution < 1.29 is 19.0 Å². The lowest BCUT2D eigenvalue weighted by Gasteiger charge is -2.41. The average molecular weight is 459 g/mol. The lowest BCUT2D eigenvalue weighted by Crippen LogP contribution is -2.50. The number of carbonyl (C=O) groups is 1. The topological polar surface area (TPSA) is 60.9 Å². The molecular weight excluding hydrogens is 424 g/mol. The standard InChI is InChI=1S/C25H34N2O4S/c1-25(2,3)31-24(28)27-16-8-9-17(27)15-20(14-16)29-18-10-12-19(13-11-18)30-23-26-21-6-4-5-7-22(21)32-23/h4-7,16-20H,8-15H2,1-3H3/t16-,17+,18-,19-,20-. The SMILES string of the molecule is CC(C)(C)OC(=O)N1[C@@H]2CC[C@H]1C[C@H](O[C@H]1CC[C@H](Oc3nc4ccccc4s3)CC1)C2. The zero-order valence-electron chi connectivity index (χ0n) is 19.3. The van der Waals surface area contributed by atoms with E-state index in [1.54, 1.807) is 11.3 Å². The first-order valence-corrected chi connectivity index (χ1v) is 12.8. The second-order valence-electron chi connectivity index (χ2n) is 10.5. The molecule has 2 bridgehead atoms. The highest BCUT2D eigenvalue weighted by Gasteiger charge is 2.45. The molecule has 0 spiro atoms. The van der Waals surface area contributed by atoms with Gasteiger partial charge in [0.05, 0.1) is 22.4 Å². The number of aromatic nitrogens is 1. The van der Waals surface area contributed by atoms with Gasteiger partial charge in [0, 0.05) is 12.1 Å². The van der Waals surface area contributed by atoms with Crippen LogP contribution in [0, 0.1) is 0 Å². The zero-order valence-corrected chi connectivity index (χ0v) is 20.1. The summed E-state index contributed by atoms with van der Waals surface area (Å²) >= 11 is 1.63. The number of nitrogens with zero attached hydrogens (tertiary/aromatic N) is 2. The number of hydrogen-bond donors (Lipinski definition) is 0. The summed E-state index contributed by atoms with van der Waals surface area (Å²) in [6, 6.07) is 8.69. The van der Waals surface area contributed by atoms with Gasteiger partial charge in [0.25, 0.3) is 5.19 Å². The zero-order chi connectivity index (χ0) is 22.3. The van der Waals surface area contributed by atoms with Crippen molar-refractivity contribution in [3.8, 4) is 5.19 Å². The van der Waals surface area contributed by atoms with Gasteiger partial charge in [-0.1, -0.05) is 23.5 Å². The first-order valence-electron chi connectivity index (χ1n) is 12.0. The quantitative estimate of drug-likeness (QED) is 0.568. The molecule has 6 nitrogen and oxygen atoms in total. The monoisotopic (exact) mass is 458 g/mol. The smallest absolute Gasteiger partial charge is 0.410 e. The third kappa shape index (κ3) is 4.88. The molecule has 3 atom stereocenters. The molecule has 0 unspecified atom stereocenters. The first kappa shape index (κ1) is 22.0. The summed E-state index contributed by atoms with van der Waals surface area (Å²) in [5.74, 6) is 0. The number of benzene rings is 1. The Labute approximate surface area is 194 Å². The lowest BCUT2D eigenvalue weighted by atomic mass is 9.93. The molecule has 7 heteroatoms. The van der Waals surface area contributed by atoms with Crippen molar-refractivity contribution in [2.45, 2.75) is 108 Å². The number of thiazole rings is 1. The Morgan fingerprint density at radius 1 is 0.969 bits per heavy atom. The van der Waals surface area contributed by atoms with Crippen LogP contribution < -0.4 is 4.74 Å². The van der Waals surface area contributed by atoms with Crippen LogP contribution in [0.1, 0.15) is 72.1 Å². The van der Waals surface area contributed by atoms with Crippen molar-refractivity contribution in [2.75, 3.05) is 0 Å². The van der Waals surface area contributed by atoms with Crippen LogP contribution in [0.3, 0.4) is 0 Å². The van der Waals surface area contributed by atoms with E-state index < -0.39 is 5.60 Å². The van der Waals surface area contributed by atoms with E-state index in [1.807, 2.05) is 43.9 Å². The Bertz CT molecular complexity index is 900. The Hall–Kier alpha value is -1.86. The van der Waals surface area contributed by atoms with E-state index in [2.05, 4.69) is 11.1 Å². The van der Waals surface area contributed by atoms with Crippen LogP contribution in [0.4, 0.5) is 4.79 Å². The van der Waals surface area contributed by atoms with Crippen molar-refractivity contribution in [1.82, 2.24) is 9.88 Å². The molecule has 1 aromatic heterocycles. The van der Waals surface area contributed by atoms with Gasteiger partial charge in [-0.25, -0.2) is 9.78 Å². The summed E-state index contributed by atoms with van der Waals surface area (Å²) < 4.78 is 19.6. The van der Waals surface area contributed by atoms with E-state index in [9.17, 15) is 4.79 Å². The molecule has 2 aliphatic heterocycles. The molecule has 2 aromatic rings. The summed E-state index contributed by atoms with van der Waals surface area (Å²) in [5.41, 5.74) is 0.563. The molecule has 0 radical (unpaired) electrons. The minimum absolute atomic E-state index is 0.157. The molecule has 0 N–H and O–H groups in total. The predicted octanol–water partition coefficient (Wildman–Crippen LogP) is 5.93. The van der Waals surface area contributed by atoms with Crippen molar-refractivity contribution >= 4 is 27.6 Å². The fraction of sp³-hybridized carbons (Fsp3) is 0.680. The highest BCUT2D eigenvalue weighted by Crippen LogP contribution is 2.39. The second-order valence-corrected chi connectivity index (χ2v) is 11.5. The molecule has 174 valence electrons. The Morgan fingerprint density at radius 2 is 1.62 bits per heavy atom. The molecule has 3 fully saturated rings. The van der Waals surface area contributed by atoms with Crippen LogP contribution in [0.2, 0.25) is 0 Å². The Morgan fingerprint density at radius 3 is 2.28 bits per heavy atom. The maximum atomic E-state index is 12.7. The fourth-order valence-electron chi connectivity index (χ4n) is 5.45. The van der Waals surface area contributed by atoms with Gasteiger partial charge in [0.15, 0.2) is 0 Å². The van der Waals surface area contributed by atoms with Gasteiger partial charge in [0.2, 0.25) is 0 Å². The van der Waals surface area contributed by atoms with Crippen molar-refractivity contribution in [1.29, 1.82) is 0 Å². The van der Waals surface area contributed by atoms with Crippen LogP contribution in [0.15, 0.2) is 24.3 Å². The van der Waals surface area contributed by atoms with Gasteiger partial charge in [-0.05, 0) is 84.3 Å². The van der Waals surface area contributed by atoms with Crippen LogP contribution in [-0.4, -0.2) is 52.0 Å². The number of carbonyl (C=O) groups excluding carboxylic acids is 1. The average Bonchev–Trinajstić information content (AvgIpc) is 3.26. The Balaban J connectivity index is 1.09. The molecule has 3 heterocycles. The maximum absolute atomic E-state index is 12.7. The highest BCUT2D eigenvalue weighted by atomic mass is 32.1. The van der Waals surface area contributed by atoms with Gasteiger partial charge in [-0.15, -0.1) is 0 Å². The molecule has 1 saturated carbocycles. The van der Waals surface area contributed by atoms with Gasteiger partial charge < -0.3 is 19.1 Å². The molecule has 2 saturated heterocycles. The summed E-state index contributed by atoms with van der Waals surface area (Å²) in [7, 11) is 0. The number of rotatable bonds is 4. The van der Waals surface area contributed by atoms with E-state index in [0.29, 0.717) is 6.10 Å². The largest absolute Gasteiger partial charge is 0.467 e. The minimum Gasteiger partial charge on any atom is -0.467 e. The molecule has 5 rings (SSSR count). The number of para-hydroxylation sites is 1. The Kier molecular flexibility index (Phi) is 6.05. The van der Waals surface area contributed by atoms with Crippen LogP contribution in [0.5, 0.6) is 5.19 Å². The summed E-state index contributed by atoms with van der Waals surface area (Å²) in [6.07, 6.45) is 8.65. The second kappa shape index (κ2) is 8.82. The number of amides is 1. The number of piperidine rings is 1. The summed E-state index contributed by atoms with van der Waals surface area (Å²) in [5, 5.41) is 0.779. The molecule has 1 aromatic carbocycles.